The lowest BCUT2D eigenvalue weighted by atomic mass is 9.78. The van der Waals surface area contributed by atoms with Crippen LogP contribution in [0.25, 0.3) is 0 Å². The maximum absolute atomic E-state index is 13.9. The molecule has 3 N–H and O–H groups in total. The van der Waals surface area contributed by atoms with Crippen molar-refractivity contribution in [2.45, 2.75) is 95.5 Å². The number of piperidine rings is 1. The Morgan fingerprint density at radius 3 is 2.39 bits per heavy atom. The van der Waals surface area contributed by atoms with E-state index < -0.39 is 23.7 Å². The maximum Gasteiger partial charge on any atom is 0.335 e. The summed E-state index contributed by atoms with van der Waals surface area (Å²) in [7, 11) is 0. The van der Waals surface area contributed by atoms with E-state index >= 15 is 0 Å². The zero-order chi connectivity index (χ0) is 30.4. The van der Waals surface area contributed by atoms with Crippen LogP contribution in [0.5, 0.6) is 5.75 Å². The number of aromatic carboxylic acids is 1. The van der Waals surface area contributed by atoms with E-state index in [0.717, 1.165) is 56.2 Å². The fourth-order valence-electron chi connectivity index (χ4n) is 6.97. The van der Waals surface area contributed by atoms with Crippen LogP contribution in [0.15, 0.2) is 48.5 Å². The Hall–Kier alpha value is -3.14. The van der Waals surface area contributed by atoms with Crippen LogP contribution in [-0.4, -0.2) is 75.1 Å². The van der Waals surface area contributed by atoms with E-state index in [9.17, 15) is 19.5 Å². The highest BCUT2D eigenvalue weighted by Crippen LogP contribution is 2.36. The van der Waals surface area contributed by atoms with Crippen LogP contribution in [0.1, 0.15) is 86.2 Å². The number of carboxylic acid groups (broad SMARTS) is 1. The molecule has 2 aliphatic heterocycles. The van der Waals surface area contributed by atoms with Gasteiger partial charge < -0.3 is 25.2 Å². The molecule has 2 amide bonds. The first-order valence-electron chi connectivity index (χ1n) is 15.9. The molecule has 9 nitrogen and oxygen atoms in total. The van der Waals surface area contributed by atoms with Gasteiger partial charge in [0.25, 0.3) is 0 Å². The number of unbranched alkanes of at least 4 members (excludes halogenated alkanes) is 1. The van der Waals surface area contributed by atoms with Crippen molar-refractivity contribution in [3.8, 4) is 5.75 Å². The fourth-order valence-corrected chi connectivity index (χ4v) is 6.97. The Balaban J connectivity index is 0.00000442. The van der Waals surface area contributed by atoms with Gasteiger partial charge in [-0.1, -0.05) is 56.9 Å². The molecule has 2 heterocycles. The van der Waals surface area contributed by atoms with Gasteiger partial charge in [-0.2, -0.15) is 0 Å². The van der Waals surface area contributed by atoms with Crippen molar-refractivity contribution >= 4 is 30.2 Å². The SMILES string of the molecule is CCCCN1C(=O)[C@@H]([C@H](O)C2CCCCC2)NC(=O)C12CCN(Cc1cccc(COc3ccc(C(=O)O)cc3)c1)CC2.Cl. The molecule has 0 unspecified atom stereocenters. The van der Waals surface area contributed by atoms with Crippen molar-refractivity contribution in [1.29, 1.82) is 0 Å². The van der Waals surface area contributed by atoms with Crippen molar-refractivity contribution in [2.75, 3.05) is 19.6 Å². The number of likely N-dealkylation sites (tertiary alicyclic amines) is 1. The van der Waals surface area contributed by atoms with Gasteiger partial charge in [0.15, 0.2) is 0 Å². The number of nitrogens with one attached hydrogen (secondary N) is 1. The number of carboxylic acids is 1. The molecule has 44 heavy (non-hydrogen) atoms. The topological polar surface area (TPSA) is 119 Å². The van der Waals surface area contributed by atoms with Crippen LogP contribution in [-0.2, 0) is 22.7 Å². The average molecular weight is 628 g/mol. The van der Waals surface area contributed by atoms with E-state index in [1.54, 1.807) is 12.1 Å². The number of nitrogens with zero attached hydrogens (tertiary/aromatic N) is 2. The van der Waals surface area contributed by atoms with Gasteiger partial charge in [-0.3, -0.25) is 14.5 Å². The lowest BCUT2D eigenvalue weighted by Gasteiger charge is -2.52. The van der Waals surface area contributed by atoms with Gasteiger partial charge in [0, 0.05) is 26.2 Å². The van der Waals surface area contributed by atoms with Crippen molar-refractivity contribution in [3.05, 3.63) is 65.2 Å². The smallest absolute Gasteiger partial charge is 0.335 e. The zero-order valence-electron chi connectivity index (χ0n) is 25.6. The minimum Gasteiger partial charge on any atom is -0.489 e. The van der Waals surface area contributed by atoms with Gasteiger partial charge in [-0.05, 0) is 73.4 Å². The molecular formula is C34H46ClN3O6. The molecular weight excluding hydrogens is 582 g/mol. The quantitative estimate of drug-likeness (QED) is 0.328. The molecule has 0 aromatic heterocycles. The number of aliphatic hydroxyl groups is 1. The number of rotatable bonds is 11. The highest BCUT2D eigenvalue weighted by Gasteiger charge is 2.55. The van der Waals surface area contributed by atoms with Gasteiger partial charge in [0.05, 0.1) is 11.7 Å². The molecule has 240 valence electrons. The third kappa shape index (κ3) is 7.56. The van der Waals surface area contributed by atoms with Crippen LogP contribution >= 0.6 is 12.4 Å². The van der Waals surface area contributed by atoms with Crippen LogP contribution in [0.2, 0.25) is 0 Å². The number of hydrogen-bond acceptors (Lipinski definition) is 6. The second kappa shape index (κ2) is 15.2. The Bertz CT molecular complexity index is 1270. The van der Waals surface area contributed by atoms with Gasteiger partial charge in [-0.25, -0.2) is 4.79 Å². The third-order valence-electron chi connectivity index (χ3n) is 9.56. The number of hydrogen-bond donors (Lipinski definition) is 3. The van der Waals surface area contributed by atoms with E-state index in [0.29, 0.717) is 44.8 Å². The second-order valence-corrected chi connectivity index (χ2v) is 12.4. The number of ether oxygens (including phenoxy) is 1. The molecule has 2 saturated heterocycles. The highest BCUT2D eigenvalue weighted by molar-refractivity contribution is 6.00. The van der Waals surface area contributed by atoms with Crippen molar-refractivity contribution in [1.82, 2.24) is 15.1 Å². The minimum absolute atomic E-state index is 0. The first-order valence-corrected chi connectivity index (χ1v) is 15.9. The summed E-state index contributed by atoms with van der Waals surface area (Å²) in [6.07, 6.45) is 7.16. The third-order valence-corrected chi connectivity index (χ3v) is 9.56. The van der Waals surface area contributed by atoms with E-state index in [1.807, 2.05) is 17.0 Å². The molecule has 2 aromatic carbocycles. The van der Waals surface area contributed by atoms with E-state index in [2.05, 4.69) is 29.3 Å². The number of carbonyl (C=O) groups is 3. The van der Waals surface area contributed by atoms with E-state index in [4.69, 9.17) is 9.84 Å². The summed E-state index contributed by atoms with van der Waals surface area (Å²) in [5, 5.41) is 23.3. The average Bonchev–Trinajstić information content (AvgIpc) is 3.03. The molecule has 0 bridgehead atoms. The van der Waals surface area contributed by atoms with Crippen molar-refractivity contribution < 1.29 is 29.3 Å². The Labute approximate surface area is 266 Å². The number of amides is 2. The summed E-state index contributed by atoms with van der Waals surface area (Å²) in [6, 6.07) is 13.7. The number of piperazine rings is 1. The lowest BCUT2D eigenvalue weighted by Crippen LogP contribution is -2.75. The number of aliphatic hydroxyl groups excluding tert-OH is 1. The van der Waals surface area contributed by atoms with Gasteiger partial charge in [0.2, 0.25) is 11.8 Å². The normalized spacial score (nSPS) is 21.4. The number of carbonyl (C=O) groups excluding carboxylic acids is 2. The first-order chi connectivity index (χ1) is 20.8. The van der Waals surface area contributed by atoms with E-state index in [1.165, 1.54) is 18.6 Å². The van der Waals surface area contributed by atoms with Crippen LogP contribution < -0.4 is 10.1 Å². The Kier molecular flexibility index (Phi) is 11.7. The maximum atomic E-state index is 13.9. The molecule has 5 rings (SSSR count). The van der Waals surface area contributed by atoms with Crippen LogP contribution in [0.4, 0.5) is 0 Å². The summed E-state index contributed by atoms with van der Waals surface area (Å²) in [5.41, 5.74) is 1.51. The lowest BCUT2D eigenvalue weighted by molar-refractivity contribution is -0.166. The molecule has 3 fully saturated rings. The van der Waals surface area contributed by atoms with Crippen LogP contribution in [0.3, 0.4) is 0 Å². The summed E-state index contributed by atoms with van der Waals surface area (Å²) < 4.78 is 5.87. The monoisotopic (exact) mass is 627 g/mol. The fraction of sp³-hybridized carbons (Fsp3) is 0.559. The molecule has 10 heteroatoms. The summed E-state index contributed by atoms with van der Waals surface area (Å²) in [5.74, 6) is -0.531. The predicted molar refractivity (Wildman–Crippen MR) is 170 cm³/mol. The largest absolute Gasteiger partial charge is 0.489 e. The molecule has 2 atom stereocenters. The Morgan fingerprint density at radius 1 is 1.05 bits per heavy atom. The van der Waals surface area contributed by atoms with Crippen molar-refractivity contribution in [3.63, 3.8) is 0 Å². The zero-order valence-corrected chi connectivity index (χ0v) is 26.4. The molecule has 3 aliphatic rings. The standard InChI is InChI=1S/C34H45N3O6.ClH/c1-2-3-18-37-31(39)29(30(38)26-10-5-4-6-11-26)35-33(42)34(37)16-19-36(20-17-34)22-24-8-7-9-25(21-24)23-43-28-14-12-27(13-15-28)32(40)41;/h7-9,12-15,21,26,29-30,38H,2-6,10-11,16-20,22-23H2,1H3,(H,35,42)(H,40,41);1H/t29-,30-;/m1./s1. The summed E-state index contributed by atoms with van der Waals surface area (Å²) >= 11 is 0. The summed E-state index contributed by atoms with van der Waals surface area (Å²) in [6.45, 7) is 5.10. The highest BCUT2D eigenvalue weighted by atomic mass is 35.5. The second-order valence-electron chi connectivity index (χ2n) is 12.4. The number of benzene rings is 2. The van der Waals surface area contributed by atoms with E-state index in [-0.39, 0.29) is 35.7 Å². The van der Waals surface area contributed by atoms with Gasteiger partial charge in [-0.15, -0.1) is 12.4 Å². The summed E-state index contributed by atoms with van der Waals surface area (Å²) in [4.78, 5) is 42.8. The molecule has 0 radical (unpaired) electrons. The molecule has 2 aromatic rings. The minimum atomic E-state index is -0.968. The van der Waals surface area contributed by atoms with Crippen LogP contribution in [0, 0.1) is 5.92 Å². The molecule has 1 spiro atoms. The van der Waals surface area contributed by atoms with Gasteiger partial charge >= 0.3 is 5.97 Å². The molecule has 1 saturated carbocycles. The Morgan fingerprint density at radius 2 is 1.73 bits per heavy atom. The first kappa shape index (κ1) is 33.7. The van der Waals surface area contributed by atoms with Gasteiger partial charge in [0.1, 0.15) is 23.9 Å². The van der Waals surface area contributed by atoms with Crippen molar-refractivity contribution in [2.24, 2.45) is 5.92 Å². The number of halogens is 1. The predicted octanol–water partition coefficient (Wildman–Crippen LogP) is 4.79. The molecule has 1 aliphatic carbocycles.